The van der Waals surface area contributed by atoms with Crippen molar-refractivity contribution in [3.05, 3.63) is 29.3 Å². The van der Waals surface area contributed by atoms with Crippen LogP contribution in [-0.2, 0) is 0 Å². The fourth-order valence-electron chi connectivity index (χ4n) is 1.35. The van der Waals surface area contributed by atoms with Crippen LogP contribution in [-0.4, -0.2) is 13.7 Å². The normalized spacial score (nSPS) is 13.3. The molecular formula is C11H9NO2. The van der Waals surface area contributed by atoms with Gasteiger partial charge in [-0.15, -0.1) is 0 Å². The summed E-state index contributed by atoms with van der Waals surface area (Å²) in [6, 6.07) is 7.61. The van der Waals surface area contributed by atoms with Crippen LogP contribution in [0, 0.1) is 11.3 Å². The van der Waals surface area contributed by atoms with Gasteiger partial charge in [-0.05, 0) is 24.3 Å². The lowest BCUT2D eigenvalue weighted by Crippen LogP contribution is -2.05. The van der Waals surface area contributed by atoms with Crippen LogP contribution < -0.4 is 9.47 Å². The third kappa shape index (κ3) is 1.42. The Morgan fingerprint density at radius 1 is 1.50 bits per heavy atom. The van der Waals surface area contributed by atoms with Gasteiger partial charge in [0.2, 0.25) is 0 Å². The van der Waals surface area contributed by atoms with Gasteiger partial charge in [-0.2, -0.15) is 5.26 Å². The fraction of sp³-hybridized carbons (Fsp3) is 0.182. The molecule has 3 heteroatoms. The lowest BCUT2D eigenvalue weighted by Gasteiger charge is -2.14. The predicted molar refractivity (Wildman–Crippen MR) is 52.1 cm³/mol. The van der Waals surface area contributed by atoms with Gasteiger partial charge < -0.3 is 9.47 Å². The van der Waals surface area contributed by atoms with Crippen LogP contribution in [0.2, 0.25) is 0 Å². The average molecular weight is 187 g/mol. The second-order valence-corrected chi connectivity index (χ2v) is 2.97. The van der Waals surface area contributed by atoms with Gasteiger partial charge in [-0.1, -0.05) is 0 Å². The van der Waals surface area contributed by atoms with Gasteiger partial charge in [0.1, 0.15) is 18.1 Å². The van der Waals surface area contributed by atoms with Gasteiger partial charge >= 0.3 is 0 Å². The molecule has 1 aliphatic rings. The Hall–Kier alpha value is -1.95. The molecule has 0 saturated heterocycles. The number of nitriles is 1. The summed E-state index contributed by atoms with van der Waals surface area (Å²) in [6.45, 7) is 0.357. The lowest BCUT2D eigenvalue weighted by atomic mass is 10.1. The standard InChI is InChI=1S/C11H9NO2/c1-13-10-2-3-11-9(5-10)4-8(6-12)7-14-11/h2-5H,7H2,1H3. The first-order valence-electron chi connectivity index (χ1n) is 4.25. The van der Waals surface area contributed by atoms with E-state index in [1.807, 2.05) is 24.3 Å². The summed E-state index contributed by atoms with van der Waals surface area (Å²) in [6.07, 6.45) is 1.82. The van der Waals surface area contributed by atoms with E-state index in [1.165, 1.54) is 0 Å². The first kappa shape index (κ1) is 8.64. The van der Waals surface area contributed by atoms with Crippen LogP contribution in [0.1, 0.15) is 5.56 Å². The molecule has 1 aliphatic heterocycles. The van der Waals surface area contributed by atoms with Gasteiger partial charge in [-0.3, -0.25) is 0 Å². The third-order valence-corrected chi connectivity index (χ3v) is 2.07. The Morgan fingerprint density at radius 3 is 3.07 bits per heavy atom. The molecule has 70 valence electrons. The van der Waals surface area contributed by atoms with Crippen molar-refractivity contribution in [2.45, 2.75) is 0 Å². The molecule has 0 atom stereocenters. The summed E-state index contributed by atoms with van der Waals surface area (Å²) in [4.78, 5) is 0. The number of hydrogen-bond donors (Lipinski definition) is 0. The van der Waals surface area contributed by atoms with Crippen molar-refractivity contribution in [3.63, 3.8) is 0 Å². The van der Waals surface area contributed by atoms with E-state index in [0.29, 0.717) is 12.2 Å². The van der Waals surface area contributed by atoms with Crippen molar-refractivity contribution in [1.82, 2.24) is 0 Å². The molecule has 0 unspecified atom stereocenters. The van der Waals surface area contributed by atoms with E-state index in [4.69, 9.17) is 14.7 Å². The Morgan fingerprint density at radius 2 is 2.36 bits per heavy atom. The SMILES string of the molecule is COc1ccc2c(c1)C=C(C#N)CO2. The molecule has 0 amide bonds. The van der Waals surface area contributed by atoms with E-state index in [9.17, 15) is 0 Å². The predicted octanol–water partition coefficient (Wildman–Crippen LogP) is 1.99. The van der Waals surface area contributed by atoms with Crippen LogP contribution in [0.4, 0.5) is 0 Å². The van der Waals surface area contributed by atoms with Crippen molar-refractivity contribution in [3.8, 4) is 17.6 Å². The van der Waals surface area contributed by atoms with Crippen molar-refractivity contribution in [2.24, 2.45) is 0 Å². The smallest absolute Gasteiger partial charge is 0.127 e. The van der Waals surface area contributed by atoms with Crippen LogP contribution >= 0.6 is 0 Å². The highest BCUT2D eigenvalue weighted by Gasteiger charge is 2.11. The minimum atomic E-state index is 0.357. The highest BCUT2D eigenvalue weighted by molar-refractivity contribution is 5.66. The summed E-state index contributed by atoms with van der Waals surface area (Å²) in [5.41, 5.74) is 1.53. The zero-order chi connectivity index (χ0) is 9.97. The summed E-state index contributed by atoms with van der Waals surface area (Å²) >= 11 is 0. The number of benzene rings is 1. The monoisotopic (exact) mass is 187 g/mol. The molecule has 1 aromatic rings. The second kappa shape index (κ2) is 3.43. The lowest BCUT2D eigenvalue weighted by molar-refractivity contribution is 0.350. The number of nitrogens with zero attached hydrogens (tertiary/aromatic N) is 1. The third-order valence-electron chi connectivity index (χ3n) is 2.07. The molecule has 0 aromatic heterocycles. The Labute approximate surface area is 82.2 Å². The summed E-state index contributed by atoms with van der Waals surface area (Å²) in [7, 11) is 1.61. The van der Waals surface area contributed by atoms with Gasteiger partial charge in [0.15, 0.2) is 0 Å². The first-order valence-corrected chi connectivity index (χ1v) is 4.25. The average Bonchev–Trinajstić information content (AvgIpc) is 2.27. The number of ether oxygens (including phenoxy) is 2. The van der Waals surface area contributed by atoms with Crippen molar-refractivity contribution < 1.29 is 9.47 Å². The number of hydrogen-bond acceptors (Lipinski definition) is 3. The Balaban J connectivity index is 2.46. The molecule has 14 heavy (non-hydrogen) atoms. The van der Waals surface area contributed by atoms with Crippen molar-refractivity contribution in [1.29, 1.82) is 5.26 Å². The molecule has 0 saturated carbocycles. The Kier molecular flexibility index (Phi) is 2.11. The molecule has 3 nitrogen and oxygen atoms in total. The molecule has 0 bridgehead atoms. The molecule has 1 heterocycles. The molecule has 0 radical (unpaired) electrons. The minimum absolute atomic E-state index is 0.357. The largest absolute Gasteiger partial charge is 0.497 e. The van der Waals surface area contributed by atoms with E-state index in [1.54, 1.807) is 7.11 Å². The number of fused-ring (bicyclic) bond motifs is 1. The zero-order valence-corrected chi connectivity index (χ0v) is 7.78. The van der Waals surface area contributed by atoms with Crippen molar-refractivity contribution >= 4 is 6.08 Å². The number of rotatable bonds is 1. The zero-order valence-electron chi connectivity index (χ0n) is 7.78. The molecule has 0 fully saturated rings. The van der Waals surface area contributed by atoms with Crippen molar-refractivity contribution in [2.75, 3.05) is 13.7 Å². The van der Waals surface area contributed by atoms with Crippen LogP contribution in [0.25, 0.3) is 6.08 Å². The van der Waals surface area contributed by atoms with Gasteiger partial charge in [0, 0.05) is 5.56 Å². The highest BCUT2D eigenvalue weighted by atomic mass is 16.5. The number of methoxy groups -OCH3 is 1. The van der Waals surface area contributed by atoms with E-state index in [2.05, 4.69) is 6.07 Å². The Bertz CT molecular complexity index is 429. The maximum Gasteiger partial charge on any atom is 0.127 e. The highest BCUT2D eigenvalue weighted by Crippen LogP contribution is 2.29. The van der Waals surface area contributed by atoms with Gasteiger partial charge in [-0.25, -0.2) is 0 Å². The van der Waals surface area contributed by atoms with Crippen LogP contribution in [0.3, 0.4) is 0 Å². The first-order chi connectivity index (χ1) is 6.83. The molecule has 0 spiro atoms. The van der Waals surface area contributed by atoms with Crippen LogP contribution in [0.15, 0.2) is 23.8 Å². The summed E-state index contributed by atoms with van der Waals surface area (Å²) in [5, 5.41) is 8.71. The molecular weight excluding hydrogens is 178 g/mol. The maximum atomic E-state index is 8.71. The fourth-order valence-corrected chi connectivity index (χ4v) is 1.35. The molecule has 2 rings (SSSR count). The maximum absolute atomic E-state index is 8.71. The second-order valence-electron chi connectivity index (χ2n) is 2.97. The van der Waals surface area contributed by atoms with E-state index < -0.39 is 0 Å². The topological polar surface area (TPSA) is 42.2 Å². The summed E-state index contributed by atoms with van der Waals surface area (Å²) in [5.74, 6) is 1.56. The minimum Gasteiger partial charge on any atom is -0.497 e. The van der Waals surface area contributed by atoms with E-state index in [-0.39, 0.29) is 0 Å². The van der Waals surface area contributed by atoms with Crippen LogP contribution in [0.5, 0.6) is 11.5 Å². The van der Waals surface area contributed by atoms with E-state index >= 15 is 0 Å². The van der Waals surface area contributed by atoms with Gasteiger partial charge in [0.05, 0.1) is 18.8 Å². The van der Waals surface area contributed by atoms with Gasteiger partial charge in [0.25, 0.3) is 0 Å². The quantitative estimate of drug-likeness (QED) is 0.675. The van der Waals surface area contributed by atoms with E-state index in [0.717, 1.165) is 17.1 Å². The molecule has 0 aliphatic carbocycles. The summed E-state index contributed by atoms with van der Waals surface area (Å²) < 4.78 is 10.5. The molecule has 0 N–H and O–H groups in total. The molecule has 1 aromatic carbocycles.